The predicted molar refractivity (Wildman–Crippen MR) is 94.2 cm³/mol. The first-order chi connectivity index (χ1) is 11.4. The number of carbonyl (C=O) groups is 1. The minimum Gasteiger partial charge on any atom is -0.484 e. The number of carbonyl (C=O) groups excluding carboxylic acids is 1. The summed E-state index contributed by atoms with van der Waals surface area (Å²) in [6.07, 6.45) is 1.75. The van der Waals surface area contributed by atoms with Crippen LogP contribution in [-0.2, 0) is 11.3 Å². The summed E-state index contributed by atoms with van der Waals surface area (Å²) in [5.74, 6) is 1.34. The van der Waals surface area contributed by atoms with Crippen LogP contribution in [0.25, 0.3) is 0 Å². The molecule has 1 N–H and O–H groups in total. The van der Waals surface area contributed by atoms with Gasteiger partial charge in [0, 0.05) is 18.1 Å². The van der Waals surface area contributed by atoms with Crippen LogP contribution in [0.5, 0.6) is 5.75 Å². The van der Waals surface area contributed by atoms with Gasteiger partial charge in [0.2, 0.25) is 0 Å². The summed E-state index contributed by atoms with van der Waals surface area (Å²) >= 11 is 5.92. The van der Waals surface area contributed by atoms with Crippen molar-refractivity contribution >= 4 is 17.5 Å². The Kier molecular flexibility index (Phi) is 6.63. The number of amides is 1. The average molecular weight is 351 g/mol. The number of aromatic nitrogens is 2. The van der Waals surface area contributed by atoms with E-state index in [1.54, 1.807) is 35.4 Å². The fourth-order valence-corrected chi connectivity index (χ4v) is 2.34. The van der Waals surface area contributed by atoms with Gasteiger partial charge in [0.25, 0.3) is 5.91 Å². The van der Waals surface area contributed by atoms with Crippen molar-refractivity contribution in [3.05, 3.63) is 47.0 Å². The van der Waals surface area contributed by atoms with Crippen LogP contribution in [0, 0.1) is 6.92 Å². The molecule has 7 heteroatoms. The summed E-state index contributed by atoms with van der Waals surface area (Å²) in [5.41, 5.74) is 0.905. The number of hydrogen-bond acceptors (Lipinski definition) is 4. The number of nitrogens with zero attached hydrogens (tertiary/aromatic N) is 3. The molecule has 1 amide bonds. The minimum absolute atomic E-state index is 0.0269. The maximum atomic E-state index is 12.5. The monoisotopic (exact) mass is 350 g/mol. The van der Waals surface area contributed by atoms with Gasteiger partial charge in [0.15, 0.2) is 6.61 Å². The number of hydrogen-bond donors (Lipinski definition) is 1. The Bertz CT molecular complexity index is 672. The lowest BCUT2D eigenvalue weighted by Crippen LogP contribution is -2.39. The Morgan fingerprint density at radius 3 is 2.75 bits per heavy atom. The third kappa shape index (κ3) is 5.86. The topological polar surface area (TPSA) is 61.5 Å². The molecule has 0 atom stereocenters. The Hall–Kier alpha value is -2.05. The van der Waals surface area contributed by atoms with Crippen molar-refractivity contribution in [2.24, 2.45) is 0 Å². The minimum atomic E-state index is -0.0796. The summed E-state index contributed by atoms with van der Waals surface area (Å²) in [7, 11) is 3.96. The third-order valence-electron chi connectivity index (χ3n) is 3.44. The zero-order valence-corrected chi connectivity index (χ0v) is 15.0. The van der Waals surface area contributed by atoms with Gasteiger partial charge in [0.05, 0.1) is 18.4 Å². The number of benzene rings is 1. The van der Waals surface area contributed by atoms with Gasteiger partial charge < -0.3 is 19.5 Å². The van der Waals surface area contributed by atoms with Crippen molar-refractivity contribution in [1.82, 2.24) is 19.8 Å². The average Bonchev–Trinajstić information content (AvgIpc) is 2.94. The smallest absolute Gasteiger partial charge is 0.260 e. The molecule has 0 unspecified atom stereocenters. The maximum Gasteiger partial charge on any atom is 0.260 e. The van der Waals surface area contributed by atoms with Gasteiger partial charge in [-0.1, -0.05) is 17.7 Å². The van der Waals surface area contributed by atoms with Crippen LogP contribution in [0.2, 0.25) is 5.02 Å². The lowest BCUT2D eigenvalue weighted by molar-refractivity contribution is -0.134. The van der Waals surface area contributed by atoms with E-state index in [0.717, 1.165) is 18.1 Å². The van der Waals surface area contributed by atoms with E-state index < -0.39 is 0 Å². The molecule has 0 saturated carbocycles. The zero-order chi connectivity index (χ0) is 17.5. The SMILES string of the molecule is Cc1ncc(CN(CCN(C)C)C(=O)COc2cccc(Cl)c2)[nH]1. The van der Waals surface area contributed by atoms with E-state index in [0.29, 0.717) is 23.9 Å². The molecular weight excluding hydrogens is 328 g/mol. The van der Waals surface area contributed by atoms with Crippen LogP contribution < -0.4 is 4.74 Å². The van der Waals surface area contributed by atoms with Crippen LogP contribution in [0.15, 0.2) is 30.5 Å². The third-order valence-corrected chi connectivity index (χ3v) is 3.68. The summed E-state index contributed by atoms with van der Waals surface area (Å²) in [6, 6.07) is 7.03. The fraction of sp³-hybridized carbons (Fsp3) is 0.412. The predicted octanol–water partition coefficient (Wildman–Crippen LogP) is 2.34. The molecule has 0 aliphatic carbocycles. The van der Waals surface area contributed by atoms with Crippen LogP contribution in [-0.4, -0.2) is 59.5 Å². The molecule has 130 valence electrons. The molecule has 24 heavy (non-hydrogen) atoms. The van der Waals surface area contributed by atoms with Crippen molar-refractivity contribution in [2.75, 3.05) is 33.8 Å². The highest BCUT2D eigenvalue weighted by Crippen LogP contribution is 2.17. The van der Waals surface area contributed by atoms with Crippen LogP contribution in [0.1, 0.15) is 11.5 Å². The number of likely N-dealkylation sites (N-methyl/N-ethyl adjacent to an activating group) is 1. The quantitative estimate of drug-likeness (QED) is 0.793. The zero-order valence-electron chi connectivity index (χ0n) is 14.3. The first-order valence-electron chi connectivity index (χ1n) is 7.75. The van der Waals surface area contributed by atoms with Crippen molar-refractivity contribution in [3.8, 4) is 5.75 Å². The molecule has 1 heterocycles. The Morgan fingerprint density at radius 1 is 1.33 bits per heavy atom. The molecule has 0 aliphatic heterocycles. The van der Waals surface area contributed by atoms with Crippen LogP contribution in [0.3, 0.4) is 0 Å². The van der Waals surface area contributed by atoms with E-state index >= 15 is 0 Å². The number of nitrogens with one attached hydrogen (secondary N) is 1. The van der Waals surface area contributed by atoms with Crippen LogP contribution >= 0.6 is 11.6 Å². The highest BCUT2D eigenvalue weighted by atomic mass is 35.5. The van der Waals surface area contributed by atoms with E-state index in [2.05, 4.69) is 9.97 Å². The van der Waals surface area contributed by atoms with E-state index in [-0.39, 0.29) is 12.5 Å². The number of ether oxygens (including phenoxy) is 1. The lowest BCUT2D eigenvalue weighted by atomic mass is 10.3. The number of H-pyrrole nitrogens is 1. The Labute approximate surface area is 147 Å². The summed E-state index contributed by atoms with van der Waals surface area (Å²) in [5, 5.41) is 0.581. The molecule has 0 bridgehead atoms. The van der Waals surface area contributed by atoms with Crippen molar-refractivity contribution < 1.29 is 9.53 Å². The maximum absolute atomic E-state index is 12.5. The second-order valence-corrected chi connectivity index (χ2v) is 6.29. The van der Waals surface area contributed by atoms with Crippen molar-refractivity contribution in [2.45, 2.75) is 13.5 Å². The molecule has 2 rings (SSSR count). The van der Waals surface area contributed by atoms with Gasteiger partial charge in [-0.05, 0) is 39.2 Å². The number of aryl methyl sites for hydroxylation is 1. The molecule has 2 aromatic rings. The highest BCUT2D eigenvalue weighted by Gasteiger charge is 2.16. The number of halogens is 1. The molecule has 1 aromatic heterocycles. The first-order valence-corrected chi connectivity index (χ1v) is 8.13. The molecule has 0 spiro atoms. The largest absolute Gasteiger partial charge is 0.484 e. The molecule has 0 aliphatic rings. The van der Waals surface area contributed by atoms with Gasteiger partial charge >= 0.3 is 0 Å². The number of aromatic amines is 1. The van der Waals surface area contributed by atoms with E-state index in [4.69, 9.17) is 16.3 Å². The normalized spacial score (nSPS) is 10.9. The standard InChI is InChI=1S/C17H23ClN4O2/c1-13-19-10-15(20-13)11-22(8-7-21(2)3)17(23)12-24-16-6-4-5-14(18)9-16/h4-6,9-10H,7-8,11-12H2,1-3H3,(H,19,20). The summed E-state index contributed by atoms with van der Waals surface area (Å²) in [6.45, 7) is 3.73. The van der Waals surface area contributed by atoms with Gasteiger partial charge in [-0.3, -0.25) is 4.79 Å². The highest BCUT2D eigenvalue weighted by molar-refractivity contribution is 6.30. The Balaban J connectivity index is 1.97. The summed E-state index contributed by atoms with van der Waals surface area (Å²) in [4.78, 5) is 23.7. The van der Waals surface area contributed by atoms with E-state index in [1.807, 2.05) is 25.9 Å². The molecule has 1 aromatic carbocycles. The van der Waals surface area contributed by atoms with Gasteiger partial charge in [-0.2, -0.15) is 0 Å². The molecule has 6 nitrogen and oxygen atoms in total. The lowest BCUT2D eigenvalue weighted by Gasteiger charge is -2.24. The molecule has 0 radical (unpaired) electrons. The van der Waals surface area contributed by atoms with E-state index in [1.165, 1.54) is 0 Å². The first kappa shape index (κ1) is 18.3. The van der Waals surface area contributed by atoms with Crippen LogP contribution in [0.4, 0.5) is 0 Å². The fourth-order valence-electron chi connectivity index (χ4n) is 2.16. The van der Waals surface area contributed by atoms with Gasteiger partial charge in [-0.25, -0.2) is 4.98 Å². The molecule has 0 fully saturated rings. The van der Waals surface area contributed by atoms with Gasteiger partial charge in [-0.15, -0.1) is 0 Å². The van der Waals surface area contributed by atoms with Crippen molar-refractivity contribution in [1.29, 1.82) is 0 Å². The second kappa shape index (κ2) is 8.70. The molecular formula is C17H23ClN4O2. The number of imidazole rings is 1. The van der Waals surface area contributed by atoms with E-state index in [9.17, 15) is 4.79 Å². The molecule has 0 saturated heterocycles. The second-order valence-electron chi connectivity index (χ2n) is 5.86. The van der Waals surface area contributed by atoms with Crippen molar-refractivity contribution in [3.63, 3.8) is 0 Å². The number of rotatable bonds is 8. The van der Waals surface area contributed by atoms with Gasteiger partial charge in [0.1, 0.15) is 11.6 Å². The Morgan fingerprint density at radius 2 is 2.12 bits per heavy atom. The summed E-state index contributed by atoms with van der Waals surface area (Å²) < 4.78 is 5.56.